The van der Waals surface area contributed by atoms with Crippen molar-refractivity contribution in [3.8, 4) is 0 Å². The molecule has 22 heavy (non-hydrogen) atoms. The second kappa shape index (κ2) is 8.03. The fraction of sp³-hybridized carbons (Fsp3) is 0.294. The van der Waals surface area contributed by atoms with Crippen LogP contribution in [0.25, 0.3) is 0 Å². The van der Waals surface area contributed by atoms with Gasteiger partial charge in [-0.15, -0.1) is 0 Å². The van der Waals surface area contributed by atoms with Gasteiger partial charge in [-0.3, -0.25) is 9.78 Å². The molecule has 116 valence electrons. The van der Waals surface area contributed by atoms with Crippen LogP contribution < -0.4 is 0 Å². The van der Waals surface area contributed by atoms with Crippen molar-refractivity contribution < 1.29 is 9.18 Å². The molecule has 0 aliphatic rings. The third kappa shape index (κ3) is 4.91. The van der Waals surface area contributed by atoms with E-state index in [1.165, 1.54) is 6.07 Å². The summed E-state index contributed by atoms with van der Waals surface area (Å²) in [6.45, 7) is 0.645. The van der Waals surface area contributed by atoms with Crippen LogP contribution >= 0.6 is 15.9 Å². The number of carbonyl (C=O) groups is 1. The molecule has 0 bridgehead atoms. The number of halogens is 2. The lowest BCUT2D eigenvalue weighted by atomic mass is 10.1. The van der Waals surface area contributed by atoms with Crippen molar-refractivity contribution in [1.29, 1.82) is 0 Å². The van der Waals surface area contributed by atoms with E-state index < -0.39 is 0 Å². The van der Waals surface area contributed by atoms with Gasteiger partial charge in [0, 0.05) is 36.9 Å². The monoisotopic (exact) mass is 364 g/mol. The minimum atomic E-state index is -0.276. The van der Waals surface area contributed by atoms with Crippen LogP contribution in [0.4, 0.5) is 4.39 Å². The van der Waals surface area contributed by atoms with Crippen molar-refractivity contribution in [2.24, 2.45) is 0 Å². The van der Waals surface area contributed by atoms with E-state index >= 15 is 0 Å². The molecule has 3 nitrogen and oxygen atoms in total. The average Bonchev–Trinajstić information content (AvgIpc) is 2.52. The molecule has 2 aromatic rings. The maximum atomic E-state index is 13.7. The van der Waals surface area contributed by atoms with Crippen LogP contribution in [0.2, 0.25) is 0 Å². The first-order chi connectivity index (χ1) is 10.6. The molecule has 0 aliphatic carbocycles. The Hall–Kier alpha value is -1.75. The fourth-order valence-corrected chi connectivity index (χ4v) is 2.46. The standard InChI is InChI=1S/C17H18BrFN2O/c1-21(11-8-13-6-9-20-10-7-13)17(22)5-3-14-2-4-15(18)12-16(14)19/h2,4,6-7,9-10,12H,3,5,8,11H2,1H3. The van der Waals surface area contributed by atoms with Gasteiger partial charge in [-0.25, -0.2) is 4.39 Å². The fourth-order valence-electron chi connectivity index (χ4n) is 2.13. The molecule has 0 unspecified atom stereocenters. The van der Waals surface area contributed by atoms with Crippen molar-refractivity contribution in [2.75, 3.05) is 13.6 Å². The summed E-state index contributed by atoms with van der Waals surface area (Å²) in [6.07, 6.45) is 5.00. The van der Waals surface area contributed by atoms with Crippen molar-refractivity contribution in [3.05, 3.63) is 64.1 Å². The van der Waals surface area contributed by atoms with E-state index in [1.807, 2.05) is 12.1 Å². The highest BCUT2D eigenvalue weighted by molar-refractivity contribution is 9.10. The number of likely N-dealkylation sites (N-methyl/N-ethyl adjacent to an activating group) is 1. The van der Waals surface area contributed by atoms with Gasteiger partial charge in [-0.1, -0.05) is 22.0 Å². The number of carbonyl (C=O) groups excluding carboxylic acids is 1. The zero-order valence-corrected chi connectivity index (χ0v) is 14.0. The third-order valence-corrected chi connectivity index (χ3v) is 4.03. The van der Waals surface area contributed by atoms with Crippen molar-refractivity contribution in [1.82, 2.24) is 9.88 Å². The molecule has 1 aromatic heterocycles. The molecule has 5 heteroatoms. The van der Waals surface area contributed by atoms with E-state index in [1.54, 1.807) is 36.5 Å². The van der Waals surface area contributed by atoms with Gasteiger partial charge in [0.1, 0.15) is 5.82 Å². The first-order valence-corrected chi connectivity index (χ1v) is 7.92. The normalized spacial score (nSPS) is 10.5. The molecule has 0 saturated heterocycles. The van der Waals surface area contributed by atoms with Crippen LogP contribution in [0, 0.1) is 5.82 Å². The number of rotatable bonds is 6. The van der Waals surface area contributed by atoms with Gasteiger partial charge < -0.3 is 4.90 Å². The topological polar surface area (TPSA) is 33.2 Å². The molecular weight excluding hydrogens is 347 g/mol. The zero-order chi connectivity index (χ0) is 15.9. The summed E-state index contributed by atoms with van der Waals surface area (Å²) in [6, 6.07) is 8.80. The summed E-state index contributed by atoms with van der Waals surface area (Å²) in [4.78, 5) is 17.8. The van der Waals surface area contributed by atoms with Crippen LogP contribution in [0.1, 0.15) is 17.5 Å². The Bertz CT molecular complexity index is 634. The van der Waals surface area contributed by atoms with Gasteiger partial charge in [-0.05, 0) is 48.2 Å². The van der Waals surface area contributed by atoms with Crippen LogP contribution in [-0.4, -0.2) is 29.4 Å². The number of amides is 1. The molecule has 1 amide bonds. The van der Waals surface area contributed by atoms with Gasteiger partial charge in [-0.2, -0.15) is 0 Å². The number of benzene rings is 1. The molecule has 0 atom stereocenters. The summed E-state index contributed by atoms with van der Waals surface area (Å²) >= 11 is 3.22. The number of nitrogens with zero attached hydrogens (tertiary/aromatic N) is 2. The Kier molecular flexibility index (Phi) is 6.07. The van der Waals surface area contributed by atoms with Gasteiger partial charge in [0.2, 0.25) is 5.91 Å². The van der Waals surface area contributed by atoms with Crippen LogP contribution in [0.5, 0.6) is 0 Å². The number of hydrogen-bond acceptors (Lipinski definition) is 2. The molecule has 0 N–H and O–H groups in total. The first-order valence-electron chi connectivity index (χ1n) is 7.13. The molecule has 0 aliphatic heterocycles. The predicted octanol–water partition coefficient (Wildman–Crippen LogP) is 3.62. The Balaban J connectivity index is 1.81. The highest BCUT2D eigenvalue weighted by Crippen LogP contribution is 2.16. The molecule has 1 aromatic carbocycles. The van der Waals surface area contributed by atoms with Gasteiger partial charge in [0.15, 0.2) is 0 Å². The molecule has 0 spiro atoms. The van der Waals surface area contributed by atoms with E-state index in [2.05, 4.69) is 20.9 Å². The minimum absolute atomic E-state index is 0.0244. The van der Waals surface area contributed by atoms with Gasteiger partial charge in [0.25, 0.3) is 0 Å². The zero-order valence-electron chi connectivity index (χ0n) is 12.4. The molecule has 0 fully saturated rings. The highest BCUT2D eigenvalue weighted by atomic mass is 79.9. The maximum Gasteiger partial charge on any atom is 0.222 e. The minimum Gasteiger partial charge on any atom is -0.345 e. The molecule has 0 saturated carbocycles. The van der Waals surface area contributed by atoms with Crippen LogP contribution in [0.3, 0.4) is 0 Å². The molecule has 2 rings (SSSR count). The Morgan fingerprint density at radius 3 is 2.64 bits per heavy atom. The summed E-state index contributed by atoms with van der Waals surface area (Å²) in [7, 11) is 1.78. The Morgan fingerprint density at radius 1 is 1.23 bits per heavy atom. The Labute approximate surface area is 138 Å². The van der Waals surface area contributed by atoms with Crippen molar-refractivity contribution in [3.63, 3.8) is 0 Å². The number of pyridine rings is 1. The van der Waals surface area contributed by atoms with E-state index in [-0.39, 0.29) is 11.7 Å². The van der Waals surface area contributed by atoms with Gasteiger partial charge in [0.05, 0.1) is 0 Å². The second-order valence-electron chi connectivity index (χ2n) is 5.16. The lowest BCUT2D eigenvalue weighted by Crippen LogP contribution is -2.29. The quantitative estimate of drug-likeness (QED) is 0.784. The number of aromatic nitrogens is 1. The molecule has 0 radical (unpaired) electrons. The van der Waals surface area contributed by atoms with Crippen molar-refractivity contribution >= 4 is 21.8 Å². The van der Waals surface area contributed by atoms with Crippen LogP contribution in [-0.2, 0) is 17.6 Å². The van der Waals surface area contributed by atoms with Crippen molar-refractivity contribution in [2.45, 2.75) is 19.3 Å². The van der Waals surface area contributed by atoms with E-state index in [0.29, 0.717) is 29.4 Å². The van der Waals surface area contributed by atoms with Gasteiger partial charge >= 0.3 is 0 Å². The summed E-state index contributed by atoms with van der Waals surface area (Å²) in [5, 5.41) is 0. The Morgan fingerprint density at radius 2 is 1.95 bits per heavy atom. The average molecular weight is 365 g/mol. The summed E-state index contributed by atoms with van der Waals surface area (Å²) in [5.74, 6) is -0.252. The van der Waals surface area contributed by atoms with E-state index in [4.69, 9.17) is 0 Å². The lowest BCUT2D eigenvalue weighted by Gasteiger charge is -2.17. The summed E-state index contributed by atoms with van der Waals surface area (Å²) in [5.41, 5.74) is 1.72. The van der Waals surface area contributed by atoms with E-state index in [0.717, 1.165) is 12.0 Å². The highest BCUT2D eigenvalue weighted by Gasteiger charge is 2.11. The maximum absolute atomic E-state index is 13.7. The SMILES string of the molecule is CN(CCc1ccncc1)C(=O)CCc1ccc(Br)cc1F. The second-order valence-corrected chi connectivity index (χ2v) is 6.07. The lowest BCUT2D eigenvalue weighted by molar-refractivity contribution is -0.129. The number of hydrogen-bond donors (Lipinski definition) is 0. The third-order valence-electron chi connectivity index (χ3n) is 3.53. The number of aryl methyl sites for hydroxylation is 1. The summed E-state index contributed by atoms with van der Waals surface area (Å²) < 4.78 is 14.4. The molecular formula is C17H18BrFN2O. The predicted molar refractivity (Wildman–Crippen MR) is 88.0 cm³/mol. The molecule has 1 heterocycles. The van der Waals surface area contributed by atoms with E-state index in [9.17, 15) is 9.18 Å². The largest absolute Gasteiger partial charge is 0.345 e. The van der Waals surface area contributed by atoms with Crippen LogP contribution in [0.15, 0.2) is 47.2 Å². The first kappa shape index (κ1) is 16.6. The smallest absolute Gasteiger partial charge is 0.222 e.